The molecule has 1 N–H and O–H groups in total. The average molecular weight is 456 g/mol. The molecule has 31 heavy (non-hydrogen) atoms. The number of H-pyrrole nitrogens is 1. The van der Waals surface area contributed by atoms with Gasteiger partial charge in [-0.1, -0.05) is 60.8 Å². The number of rotatable bonds is 4. The van der Waals surface area contributed by atoms with Gasteiger partial charge in [0.15, 0.2) is 0 Å². The summed E-state index contributed by atoms with van der Waals surface area (Å²) in [6.07, 6.45) is 2.35. The first-order valence-corrected chi connectivity index (χ1v) is 11.4. The number of aromatic amines is 1. The Bertz CT molecular complexity index is 1190. The molecule has 0 spiro atoms. The van der Waals surface area contributed by atoms with Gasteiger partial charge in [-0.15, -0.1) is 0 Å². The van der Waals surface area contributed by atoms with E-state index in [1.165, 1.54) is 0 Å². The Labute approximate surface area is 190 Å². The van der Waals surface area contributed by atoms with Crippen LogP contribution in [0, 0.1) is 0 Å². The van der Waals surface area contributed by atoms with E-state index in [1.54, 1.807) is 21.9 Å². The van der Waals surface area contributed by atoms with Crippen molar-refractivity contribution in [3.8, 4) is 0 Å². The molecule has 5 nitrogen and oxygen atoms in total. The highest BCUT2D eigenvalue weighted by molar-refractivity contribution is 6.35. The van der Waals surface area contributed by atoms with Crippen molar-refractivity contribution in [1.82, 2.24) is 14.8 Å². The smallest absolute Gasteiger partial charge is 0.246 e. The molecule has 2 amide bonds. The topological polar surface area (TPSA) is 56.4 Å². The van der Waals surface area contributed by atoms with Crippen molar-refractivity contribution in [2.45, 2.75) is 38.3 Å². The van der Waals surface area contributed by atoms with Gasteiger partial charge in [-0.2, -0.15) is 0 Å². The molecule has 2 atom stereocenters. The highest BCUT2D eigenvalue weighted by Gasteiger charge is 2.48. The van der Waals surface area contributed by atoms with Crippen molar-refractivity contribution in [1.29, 1.82) is 0 Å². The third kappa shape index (κ3) is 3.31. The zero-order valence-electron chi connectivity index (χ0n) is 17.2. The van der Waals surface area contributed by atoms with Crippen LogP contribution in [0.2, 0.25) is 10.0 Å². The predicted molar refractivity (Wildman–Crippen MR) is 122 cm³/mol. The Morgan fingerprint density at radius 1 is 1.13 bits per heavy atom. The van der Waals surface area contributed by atoms with Crippen LogP contribution in [0.5, 0.6) is 0 Å². The Morgan fingerprint density at radius 2 is 1.94 bits per heavy atom. The van der Waals surface area contributed by atoms with Gasteiger partial charge in [-0.25, -0.2) is 0 Å². The summed E-state index contributed by atoms with van der Waals surface area (Å²) >= 11 is 12.8. The highest BCUT2D eigenvalue weighted by atomic mass is 35.5. The zero-order valence-corrected chi connectivity index (χ0v) is 18.7. The number of aromatic nitrogens is 1. The summed E-state index contributed by atoms with van der Waals surface area (Å²) in [7, 11) is 0. The molecule has 3 heterocycles. The molecule has 7 heteroatoms. The number of nitrogens with zero attached hydrogens (tertiary/aromatic N) is 2. The Morgan fingerprint density at radius 3 is 2.71 bits per heavy atom. The number of nitrogens with one attached hydrogen (secondary N) is 1. The van der Waals surface area contributed by atoms with Crippen molar-refractivity contribution in [2.75, 3.05) is 13.1 Å². The quantitative estimate of drug-likeness (QED) is 0.604. The van der Waals surface area contributed by atoms with Gasteiger partial charge in [0.25, 0.3) is 0 Å². The van der Waals surface area contributed by atoms with Crippen LogP contribution in [0.1, 0.15) is 42.6 Å². The fourth-order valence-electron chi connectivity index (χ4n) is 4.91. The number of piperazine rings is 1. The summed E-state index contributed by atoms with van der Waals surface area (Å²) in [5.41, 5.74) is 3.76. The van der Waals surface area contributed by atoms with E-state index in [4.69, 9.17) is 23.2 Å². The number of para-hydroxylation sites is 1. The van der Waals surface area contributed by atoms with Gasteiger partial charge < -0.3 is 14.8 Å². The van der Waals surface area contributed by atoms with E-state index in [2.05, 4.69) is 18.0 Å². The first-order chi connectivity index (χ1) is 15.0. The Kier molecular flexibility index (Phi) is 5.19. The third-order valence-corrected chi connectivity index (χ3v) is 6.94. The van der Waals surface area contributed by atoms with Crippen molar-refractivity contribution in [2.24, 2.45) is 0 Å². The molecule has 1 aromatic heterocycles. The van der Waals surface area contributed by atoms with E-state index in [-0.39, 0.29) is 18.4 Å². The number of amides is 2. The predicted octanol–water partition coefficient (Wildman–Crippen LogP) is 4.96. The van der Waals surface area contributed by atoms with Crippen LogP contribution < -0.4 is 0 Å². The molecule has 0 bridgehead atoms. The normalized spacial score (nSPS) is 20.9. The minimum atomic E-state index is -0.540. The first kappa shape index (κ1) is 20.4. The minimum Gasteiger partial charge on any atom is -0.356 e. The molecule has 0 radical (unpaired) electrons. The van der Waals surface area contributed by atoms with E-state index < -0.39 is 12.1 Å². The van der Waals surface area contributed by atoms with Crippen molar-refractivity contribution >= 4 is 45.9 Å². The minimum absolute atomic E-state index is 0.0130. The Balaban J connectivity index is 1.69. The molecule has 0 unspecified atom stereocenters. The van der Waals surface area contributed by atoms with Crippen LogP contribution in [0.15, 0.2) is 42.5 Å². The average Bonchev–Trinajstić information content (AvgIpc) is 3.13. The van der Waals surface area contributed by atoms with Gasteiger partial charge in [-0.05, 0) is 35.7 Å². The fourth-order valence-corrected chi connectivity index (χ4v) is 5.42. The van der Waals surface area contributed by atoms with Crippen LogP contribution in [0.25, 0.3) is 10.9 Å². The molecular formula is C24H23Cl2N3O2. The highest BCUT2D eigenvalue weighted by Crippen LogP contribution is 2.44. The lowest BCUT2D eigenvalue weighted by Gasteiger charge is -2.47. The summed E-state index contributed by atoms with van der Waals surface area (Å²) in [5, 5.41) is 2.10. The molecular weight excluding hydrogens is 433 g/mol. The Hall–Kier alpha value is -2.50. The lowest BCUT2D eigenvalue weighted by molar-refractivity contribution is -0.158. The maximum Gasteiger partial charge on any atom is 0.246 e. The molecule has 0 saturated carbocycles. The van der Waals surface area contributed by atoms with Crippen LogP contribution >= 0.6 is 23.2 Å². The van der Waals surface area contributed by atoms with Gasteiger partial charge >= 0.3 is 0 Å². The van der Waals surface area contributed by atoms with Crippen molar-refractivity contribution < 1.29 is 9.59 Å². The van der Waals surface area contributed by atoms with Crippen molar-refractivity contribution in [3.63, 3.8) is 0 Å². The number of hydrogen-bond acceptors (Lipinski definition) is 2. The molecule has 2 aromatic carbocycles. The molecule has 2 aliphatic heterocycles. The number of carbonyl (C=O) groups is 2. The van der Waals surface area contributed by atoms with Gasteiger partial charge in [-0.3, -0.25) is 9.59 Å². The maximum absolute atomic E-state index is 13.5. The molecule has 160 valence electrons. The van der Waals surface area contributed by atoms with Gasteiger partial charge in [0.2, 0.25) is 11.8 Å². The number of benzene rings is 2. The molecule has 0 aliphatic carbocycles. The second-order valence-corrected chi connectivity index (χ2v) is 9.11. The summed E-state index contributed by atoms with van der Waals surface area (Å²) in [6, 6.07) is 12.4. The number of unbranched alkanes of at least 4 members (excludes halogenated alkanes) is 1. The monoisotopic (exact) mass is 455 g/mol. The lowest BCUT2D eigenvalue weighted by Crippen LogP contribution is -2.63. The first-order valence-electron chi connectivity index (χ1n) is 10.6. The van der Waals surface area contributed by atoms with E-state index in [1.807, 2.05) is 24.3 Å². The summed E-state index contributed by atoms with van der Waals surface area (Å²) in [4.78, 5) is 33.8. The summed E-state index contributed by atoms with van der Waals surface area (Å²) in [5.74, 6) is -0.0416. The number of hydrogen-bond donors (Lipinski definition) is 1. The van der Waals surface area contributed by atoms with Gasteiger partial charge in [0.05, 0.1) is 12.6 Å². The SMILES string of the molecule is CCCCN1CC(=O)N2[C@@H](c3ccc(Cl)cc3Cl)c3[nH]c4ccccc4c3C[C@@H]2C1=O. The molecule has 5 rings (SSSR count). The van der Waals surface area contributed by atoms with Crippen LogP contribution in [0.4, 0.5) is 0 Å². The second-order valence-electron chi connectivity index (χ2n) is 8.27. The molecule has 3 aromatic rings. The number of carbonyl (C=O) groups excluding carboxylic acids is 2. The number of fused-ring (bicyclic) bond motifs is 4. The van der Waals surface area contributed by atoms with Crippen molar-refractivity contribution in [3.05, 3.63) is 69.3 Å². The molecule has 2 aliphatic rings. The van der Waals surface area contributed by atoms with E-state index in [0.29, 0.717) is 23.0 Å². The molecule has 1 saturated heterocycles. The standard InChI is InChI=1S/C24H23Cl2N3O2/c1-2-3-10-28-13-21(30)29-20(24(28)31)12-17-15-6-4-5-7-19(15)27-22(17)23(29)16-9-8-14(25)11-18(16)26/h4-9,11,20,23,27H,2-3,10,12-13H2,1H3/t20-,23+/m1/s1. The van der Waals surface area contributed by atoms with Crippen LogP contribution in [-0.4, -0.2) is 45.7 Å². The van der Waals surface area contributed by atoms with Gasteiger partial charge in [0, 0.05) is 39.6 Å². The largest absolute Gasteiger partial charge is 0.356 e. The summed E-state index contributed by atoms with van der Waals surface area (Å²) < 4.78 is 0. The van der Waals surface area contributed by atoms with Crippen LogP contribution in [0.3, 0.4) is 0 Å². The third-order valence-electron chi connectivity index (χ3n) is 6.38. The zero-order chi connectivity index (χ0) is 21.7. The van der Waals surface area contributed by atoms with E-state index >= 15 is 0 Å². The van der Waals surface area contributed by atoms with E-state index in [0.717, 1.165) is 40.6 Å². The summed E-state index contributed by atoms with van der Waals surface area (Å²) in [6.45, 7) is 2.80. The number of halogens is 2. The van der Waals surface area contributed by atoms with Crippen LogP contribution in [-0.2, 0) is 16.0 Å². The van der Waals surface area contributed by atoms with Gasteiger partial charge in [0.1, 0.15) is 6.04 Å². The maximum atomic E-state index is 13.5. The lowest BCUT2D eigenvalue weighted by atomic mass is 9.86. The fraction of sp³-hybridized carbons (Fsp3) is 0.333. The van der Waals surface area contributed by atoms with E-state index in [9.17, 15) is 9.59 Å². The second kappa shape index (κ2) is 7.88. The molecule has 1 fully saturated rings.